The average molecular weight is 363 g/mol. The zero-order valence-electron chi connectivity index (χ0n) is 15.4. The van der Waals surface area contributed by atoms with E-state index in [1.807, 2.05) is 53.4 Å². The summed E-state index contributed by atoms with van der Waals surface area (Å²) in [6, 6.07) is 18.1. The lowest BCUT2D eigenvalue weighted by molar-refractivity contribution is -0.130. The van der Waals surface area contributed by atoms with E-state index in [1.54, 1.807) is 6.07 Å². The number of carbonyl (C=O) groups excluding carboxylic acids is 2. The number of anilines is 1. The molecule has 27 heavy (non-hydrogen) atoms. The Bertz CT molecular complexity index is 813. The molecule has 0 radical (unpaired) electrons. The fraction of sp³-hybridized carbons (Fsp3) is 0.364. The van der Waals surface area contributed by atoms with E-state index in [-0.39, 0.29) is 18.4 Å². The number of nitrogens with one attached hydrogen (secondary N) is 2. The molecule has 5 heteroatoms. The minimum absolute atomic E-state index is 0.0683. The van der Waals surface area contributed by atoms with Gasteiger partial charge in [-0.05, 0) is 43.4 Å². The van der Waals surface area contributed by atoms with Crippen LogP contribution in [0.15, 0.2) is 54.6 Å². The topological polar surface area (TPSA) is 61.4 Å². The van der Waals surface area contributed by atoms with E-state index in [0.717, 1.165) is 31.2 Å². The standard InChI is InChI=1S/C22H25N3O2/c26-21(25(18-12-13-18)15-16-6-2-1-3-7-16)14-23-20-9-5-4-8-19(20)22(27)24-17-10-11-17/h1-9,17-18,23H,10-15H2,(H,24,27). The Hall–Kier alpha value is -2.82. The second kappa shape index (κ2) is 7.82. The summed E-state index contributed by atoms with van der Waals surface area (Å²) < 4.78 is 0. The first kappa shape index (κ1) is 17.6. The number of benzene rings is 2. The third-order valence-electron chi connectivity index (χ3n) is 5.02. The lowest BCUT2D eigenvalue weighted by Gasteiger charge is -2.23. The van der Waals surface area contributed by atoms with Crippen LogP contribution in [0.25, 0.3) is 0 Å². The molecule has 2 aliphatic carbocycles. The Balaban J connectivity index is 1.40. The molecule has 0 aromatic heterocycles. The van der Waals surface area contributed by atoms with Gasteiger partial charge in [-0.3, -0.25) is 9.59 Å². The molecule has 4 rings (SSSR count). The van der Waals surface area contributed by atoms with Gasteiger partial charge in [-0.2, -0.15) is 0 Å². The van der Waals surface area contributed by atoms with Crippen molar-refractivity contribution in [2.24, 2.45) is 0 Å². The van der Waals surface area contributed by atoms with Gasteiger partial charge in [0.05, 0.1) is 12.1 Å². The van der Waals surface area contributed by atoms with Crippen molar-refractivity contribution in [2.75, 3.05) is 11.9 Å². The minimum Gasteiger partial charge on any atom is -0.376 e. The van der Waals surface area contributed by atoms with Crippen molar-refractivity contribution < 1.29 is 9.59 Å². The normalized spacial score (nSPS) is 15.9. The molecule has 0 spiro atoms. The van der Waals surface area contributed by atoms with Crippen molar-refractivity contribution in [2.45, 2.75) is 44.3 Å². The molecule has 2 amide bonds. The van der Waals surface area contributed by atoms with Crippen LogP contribution in [0, 0.1) is 0 Å². The summed E-state index contributed by atoms with van der Waals surface area (Å²) in [5, 5.41) is 6.19. The van der Waals surface area contributed by atoms with Crippen LogP contribution in [0.3, 0.4) is 0 Å². The van der Waals surface area contributed by atoms with Crippen LogP contribution in [-0.2, 0) is 11.3 Å². The molecule has 140 valence electrons. The maximum Gasteiger partial charge on any atom is 0.253 e. The molecule has 0 atom stereocenters. The summed E-state index contributed by atoms with van der Waals surface area (Å²) in [4.78, 5) is 27.2. The smallest absolute Gasteiger partial charge is 0.253 e. The molecule has 0 heterocycles. The lowest BCUT2D eigenvalue weighted by Crippen LogP contribution is -2.37. The largest absolute Gasteiger partial charge is 0.376 e. The highest BCUT2D eigenvalue weighted by molar-refractivity contribution is 6.00. The Morgan fingerprint density at radius 1 is 0.926 bits per heavy atom. The Kier molecular flexibility index (Phi) is 5.10. The maximum atomic E-state index is 12.8. The summed E-state index contributed by atoms with van der Waals surface area (Å²) in [5.74, 6) is -0.00450. The Labute approximate surface area is 159 Å². The predicted molar refractivity (Wildman–Crippen MR) is 105 cm³/mol. The quantitative estimate of drug-likeness (QED) is 0.757. The van der Waals surface area contributed by atoms with Crippen molar-refractivity contribution in [3.63, 3.8) is 0 Å². The van der Waals surface area contributed by atoms with Crippen LogP contribution >= 0.6 is 0 Å². The molecule has 2 fully saturated rings. The summed E-state index contributed by atoms with van der Waals surface area (Å²) in [6.45, 7) is 0.826. The highest BCUT2D eigenvalue weighted by atomic mass is 16.2. The van der Waals surface area contributed by atoms with Gasteiger partial charge in [0, 0.05) is 24.3 Å². The predicted octanol–water partition coefficient (Wildman–Crippen LogP) is 3.18. The van der Waals surface area contributed by atoms with Gasteiger partial charge in [0.1, 0.15) is 0 Å². The molecule has 5 nitrogen and oxygen atoms in total. The van der Waals surface area contributed by atoms with E-state index in [0.29, 0.717) is 29.9 Å². The second-order valence-electron chi connectivity index (χ2n) is 7.39. The van der Waals surface area contributed by atoms with Crippen molar-refractivity contribution in [3.8, 4) is 0 Å². The van der Waals surface area contributed by atoms with Crippen molar-refractivity contribution in [1.82, 2.24) is 10.2 Å². The van der Waals surface area contributed by atoms with Crippen LogP contribution in [0.4, 0.5) is 5.69 Å². The van der Waals surface area contributed by atoms with Crippen molar-refractivity contribution >= 4 is 17.5 Å². The Morgan fingerprint density at radius 3 is 2.33 bits per heavy atom. The SMILES string of the molecule is O=C(NC1CC1)c1ccccc1NCC(=O)N(Cc1ccccc1)C1CC1. The van der Waals surface area contributed by atoms with Crippen LogP contribution in [0.2, 0.25) is 0 Å². The molecule has 2 saturated carbocycles. The van der Waals surface area contributed by atoms with Gasteiger partial charge < -0.3 is 15.5 Å². The number of para-hydroxylation sites is 1. The van der Waals surface area contributed by atoms with Gasteiger partial charge in [-0.15, -0.1) is 0 Å². The van der Waals surface area contributed by atoms with Gasteiger partial charge in [-0.1, -0.05) is 42.5 Å². The van der Waals surface area contributed by atoms with E-state index in [1.165, 1.54) is 0 Å². The molecule has 0 aliphatic heterocycles. The monoisotopic (exact) mass is 363 g/mol. The molecular formula is C22H25N3O2. The van der Waals surface area contributed by atoms with E-state index in [4.69, 9.17) is 0 Å². The van der Waals surface area contributed by atoms with Gasteiger partial charge >= 0.3 is 0 Å². The summed E-state index contributed by atoms with van der Waals surface area (Å²) >= 11 is 0. The van der Waals surface area contributed by atoms with E-state index >= 15 is 0 Å². The highest BCUT2D eigenvalue weighted by Crippen LogP contribution is 2.28. The van der Waals surface area contributed by atoms with Gasteiger partial charge in [-0.25, -0.2) is 0 Å². The molecular weight excluding hydrogens is 338 g/mol. The van der Waals surface area contributed by atoms with Crippen LogP contribution < -0.4 is 10.6 Å². The Morgan fingerprint density at radius 2 is 1.63 bits per heavy atom. The summed E-state index contributed by atoms with van der Waals surface area (Å²) in [5.41, 5.74) is 2.44. The summed E-state index contributed by atoms with van der Waals surface area (Å²) in [6.07, 6.45) is 4.24. The fourth-order valence-corrected chi connectivity index (χ4v) is 3.19. The van der Waals surface area contributed by atoms with E-state index < -0.39 is 0 Å². The van der Waals surface area contributed by atoms with Crippen LogP contribution in [0.5, 0.6) is 0 Å². The summed E-state index contributed by atoms with van der Waals surface area (Å²) in [7, 11) is 0. The number of carbonyl (C=O) groups is 2. The third kappa shape index (κ3) is 4.67. The molecule has 2 aliphatic rings. The van der Waals surface area contributed by atoms with E-state index in [2.05, 4.69) is 10.6 Å². The number of rotatable bonds is 8. The second-order valence-corrected chi connectivity index (χ2v) is 7.39. The molecule has 2 N–H and O–H groups in total. The van der Waals surface area contributed by atoms with Crippen LogP contribution in [-0.4, -0.2) is 35.3 Å². The van der Waals surface area contributed by atoms with Crippen molar-refractivity contribution in [1.29, 1.82) is 0 Å². The van der Waals surface area contributed by atoms with Gasteiger partial charge in [0.2, 0.25) is 5.91 Å². The van der Waals surface area contributed by atoms with Crippen LogP contribution in [0.1, 0.15) is 41.6 Å². The number of hydrogen-bond donors (Lipinski definition) is 2. The maximum absolute atomic E-state index is 12.8. The zero-order valence-corrected chi connectivity index (χ0v) is 15.4. The van der Waals surface area contributed by atoms with Gasteiger partial charge in [0.15, 0.2) is 0 Å². The van der Waals surface area contributed by atoms with E-state index in [9.17, 15) is 9.59 Å². The molecule has 0 saturated heterocycles. The number of nitrogens with zero attached hydrogens (tertiary/aromatic N) is 1. The van der Waals surface area contributed by atoms with Gasteiger partial charge in [0.25, 0.3) is 5.91 Å². The average Bonchev–Trinajstić information content (AvgIpc) is 3.60. The first-order valence-corrected chi connectivity index (χ1v) is 9.68. The third-order valence-corrected chi connectivity index (χ3v) is 5.02. The number of amides is 2. The minimum atomic E-state index is -0.0728. The first-order chi connectivity index (χ1) is 13.2. The molecule has 0 bridgehead atoms. The number of hydrogen-bond acceptors (Lipinski definition) is 3. The molecule has 2 aromatic carbocycles. The molecule has 0 unspecified atom stereocenters. The first-order valence-electron chi connectivity index (χ1n) is 9.68. The lowest BCUT2D eigenvalue weighted by atomic mass is 10.1. The zero-order chi connectivity index (χ0) is 18.6. The highest BCUT2D eigenvalue weighted by Gasteiger charge is 2.32. The fourth-order valence-electron chi connectivity index (χ4n) is 3.19. The molecule has 2 aromatic rings. The van der Waals surface area contributed by atoms with Crippen molar-refractivity contribution in [3.05, 3.63) is 65.7 Å².